The molecule has 0 atom stereocenters. The summed E-state index contributed by atoms with van der Waals surface area (Å²) >= 11 is 0. The summed E-state index contributed by atoms with van der Waals surface area (Å²) in [5.74, 6) is -0.133. The topological polar surface area (TPSA) is 63.7 Å². The maximum absolute atomic E-state index is 11.9. The minimum absolute atomic E-state index is 0.133. The number of aromatic nitrogens is 4. The highest BCUT2D eigenvalue weighted by Gasteiger charge is 2.29. The molecule has 0 bridgehead atoms. The average Bonchev–Trinajstić information content (AvgIpc) is 2.61. The summed E-state index contributed by atoms with van der Waals surface area (Å²) < 4.78 is 40.1. The van der Waals surface area contributed by atoms with Crippen LogP contribution in [-0.4, -0.2) is 32.9 Å². The van der Waals surface area contributed by atoms with E-state index in [1.807, 2.05) is 0 Å². The third-order valence-corrected chi connectivity index (χ3v) is 1.58. The first-order chi connectivity index (χ1) is 7.06. The molecule has 0 aliphatic carbocycles. The number of fused-ring (bicyclic) bond motifs is 1. The van der Waals surface area contributed by atoms with E-state index in [1.165, 1.54) is 6.20 Å². The van der Waals surface area contributed by atoms with Gasteiger partial charge in [0, 0.05) is 0 Å². The molecule has 0 saturated heterocycles. The predicted octanol–water partition coefficient (Wildman–Crippen LogP) is 1.29. The lowest BCUT2D eigenvalue weighted by molar-refractivity contribution is -0.153. The number of nitrogens with one attached hydrogen (secondary N) is 1. The molecule has 2 rings (SSSR count). The molecule has 0 spiro atoms. The molecule has 8 heteroatoms. The number of hydrogen-bond donors (Lipinski definition) is 1. The first-order valence-electron chi connectivity index (χ1n) is 3.90. The Kier molecular flexibility index (Phi) is 2.18. The highest BCUT2D eigenvalue weighted by molar-refractivity contribution is 5.78. The zero-order valence-electron chi connectivity index (χ0n) is 7.25. The van der Waals surface area contributed by atoms with Crippen LogP contribution in [0.15, 0.2) is 12.5 Å². The molecule has 1 N–H and O–H groups in total. The summed E-state index contributed by atoms with van der Waals surface area (Å²) in [6, 6.07) is 0. The van der Waals surface area contributed by atoms with Crippen molar-refractivity contribution in [1.29, 1.82) is 0 Å². The lowest BCUT2D eigenvalue weighted by Crippen LogP contribution is -2.19. The number of H-pyrrole nitrogens is 1. The van der Waals surface area contributed by atoms with Crippen LogP contribution in [0.5, 0.6) is 5.88 Å². The number of hydrogen-bond acceptors (Lipinski definition) is 4. The van der Waals surface area contributed by atoms with Crippen LogP contribution in [0.4, 0.5) is 13.2 Å². The fourth-order valence-electron chi connectivity index (χ4n) is 1.01. The van der Waals surface area contributed by atoms with Crippen molar-refractivity contribution in [2.24, 2.45) is 0 Å². The zero-order chi connectivity index (χ0) is 10.9. The van der Waals surface area contributed by atoms with E-state index >= 15 is 0 Å². The molecule has 0 fully saturated rings. The lowest BCUT2D eigenvalue weighted by Gasteiger charge is -2.07. The first-order valence-corrected chi connectivity index (χ1v) is 3.90. The molecule has 2 heterocycles. The Hall–Kier alpha value is -1.86. The van der Waals surface area contributed by atoms with Crippen LogP contribution >= 0.6 is 0 Å². The maximum atomic E-state index is 11.9. The van der Waals surface area contributed by atoms with Crippen LogP contribution in [0.25, 0.3) is 11.0 Å². The first kappa shape index (κ1) is 9.69. The largest absolute Gasteiger partial charge is 0.467 e. The van der Waals surface area contributed by atoms with E-state index in [-0.39, 0.29) is 5.88 Å². The Labute approximate surface area is 81.3 Å². The minimum Gasteiger partial charge on any atom is -0.467 e. The van der Waals surface area contributed by atoms with Gasteiger partial charge in [0.1, 0.15) is 11.7 Å². The number of alkyl halides is 3. The van der Waals surface area contributed by atoms with Crippen molar-refractivity contribution in [2.45, 2.75) is 6.18 Å². The second-order valence-corrected chi connectivity index (χ2v) is 2.71. The van der Waals surface area contributed by atoms with Crippen molar-refractivity contribution < 1.29 is 17.9 Å². The van der Waals surface area contributed by atoms with Gasteiger partial charge in [-0.25, -0.2) is 9.97 Å². The Bertz CT molecular complexity index is 466. The smallest absolute Gasteiger partial charge is 0.422 e. The van der Waals surface area contributed by atoms with E-state index < -0.39 is 12.8 Å². The number of ether oxygens (including phenoxy) is 1. The average molecular weight is 218 g/mol. The Morgan fingerprint density at radius 1 is 1.33 bits per heavy atom. The number of nitrogens with zero attached hydrogens (tertiary/aromatic N) is 3. The number of halogens is 3. The summed E-state index contributed by atoms with van der Waals surface area (Å²) in [7, 11) is 0. The second-order valence-electron chi connectivity index (χ2n) is 2.71. The van der Waals surface area contributed by atoms with Crippen LogP contribution in [0.2, 0.25) is 0 Å². The van der Waals surface area contributed by atoms with E-state index in [2.05, 4.69) is 24.9 Å². The molecule has 15 heavy (non-hydrogen) atoms. The van der Waals surface area contributed by atoms with Gasteiger partial charge in [-0.2, -0.15) is 18.3 Å². The molecule has 0 aliphatic heterocycles. The quantitative estimate of drug-likeness (QED) is 0.824. The molecule has 0 radical (unpaired) electrons. The molecule has 0 aliphatic rings. The van der Waals surface area contributed by atoms with Crippen LogP contribution < -0.4 is 4.74 Å². The van der Waals surface area contributed by atoms with Crippen LogP contribution in [0.1, 0.15) is 0 Å². The lowest BCUT2D eigenvalue weighted by atomic mass is 10.4. The second kappa shape index (κ2) is 3.37. The van der Waals surface area contributed by atoms with Crippen molar-refractivity contribution in [2.75, 3.05) is 6.61 Å². The Morgan fingerprint density at radius 2 is 2.13 bits per heavy atom. The molecule has 0 amide bonds. The molecule has 5 nitrogen and oxygen atoms in total. The van der Waals surface area contributed by atoms with Gasteiger partial charge in [-0.15, -0.1) is 0 Å². The Morgan fingerprint density at radius 3 is 2.87 bits per heavy atom. The van der Waals surface area contributed by atoms with Gasteiger partial charge >= 0.3 is 6.18 Å². The van der Waals surface area contributed by atoms with Gasteiger partial charge in [-0.05, 0) is 0 Å². The summed E-state index contributed by atoms with van der Waals surface area (Å²) in [4.78, 5) is 7.34. The molecular weight excluding hydrogens is 213 g/mol. The van der Waals surface area contributed by atoms with Crippen LogP contribution in [0, 0.1) is 0 Å². The minimum atomic E-state index is -4.39. The monoisotopic (exact) mass is 218 g/mol. The molecular formula is C7H5F3N4O. The van der Waals surface area contributed by atoms with E-state index in [1.54, 1.807) is 0 Å². The van der Waals surface area contributed by atoms with Crippen LogP contribution in [-0.2, 0) is 0 Å². The van der Waals surface area contributed by atoms with Crippen molar-refractivity contribution in [3.05, 3.63) is 12.5 Å². The standard InChI is InChI=1S/C7H5F3N4O/c8-7(9,10)2-15-6-4-1-13-14-5(4)11-3-12-6/h1,3H,2H2,(H,11,12,13,14). The van der Waals surface area contributed by atoms with E-state index in [9.17, 15) is 13.2 Å². The van der Waals surface area contributed by atoms with Crippen molar-refractivity contribution in [3.8, 4) is 5.88 Å². The highest BCUT2D eigenvalue weighted by Crippen LogP contribution is 2.21. The summed E-state index contributed by atoms with van der Waals surface area (Å²) in [5.41, 5.74) is 0.335. The fourth-order valence-corrected chi connectivity index (χ4v) is 1.01. The SMILES string of the molecule is FC(F)(F)COc1ncnc2[nH]ncc12. The highest BCUT2D eigenvalue weighted by atomic mass is 19.4. The number of aromatic amines is 1. The number of rotatable bonds is 2. The molecule has 2 aromatic rings. The van der Waals surface area contributed by atoms with Crippen molar-refractivity contribution >= 4 is 11.0 Å². The van der Waals surface area contributed by atoms with Gasteiger partial charge in [0.15, 0.2) is 12.3 Å². The normalized spacial score (nSPS) is 11.9. The van der Waals surface area contributed by atoms with Gasteiger partial charge < -0.3 is 4.74 Å². The van der Waals surface area contributed by atoms with Crippen molar-refractivity contribution in [3.63, 3.8) is 0 Å². The van der Waals surface area contributed by atoms with Gasteiger partial charge in [0.05, 0.1) is 6.20 Å². The predicted molar refractivity (Wildman–Crippen MR) is 43.2 cm³/mol. The zero-order valence-corrected chi connectivity index (χ0v) is 7.25. The molecule has 0 unspecified atom stereocenters. The maximum Gasteiger partial charge on any atom is 0.422 e. The summed E-state index contributed by atoms with van der Waals surface area (Å²) in [6.45, 7) is -1.38. The van der Waals surface area contributed by atoms with Crippen molar-refractivity contribution in [1.82, 2.24) is 20.2 Å². The summed E-state index contributed by atoms with van der Waals surface area (Å²) in [5, 5.41) is 6.43. The van der Waals surface area contributed by atoms with Gasteiger partial charge in [-0.3, -0.25) is 5.10 Å². The third-order valence-electron chi connectivity index (χ3n) is 1.58. The molecule has 0 saturated carbocycles. The van der Waals surface area contributed by atoms with E-state index in [0.29, 0.717) is 11.0 Å². The molecule has 2 aromatic heterocycles. The van der Waals surface area contributed by atoms with Gasteiger partial charge in [0.25, 0.3) is 0 Å². The molecule has 80 valence electrons. The van der Waals surface area contributed by atoms with Gasteiger partial charge in [-0.1, -0.05) is 0 Å². The fraction of sp³-hybridized carbons (Fsp3) is 0.286. The van der Waals surface area contributed by atoms with E-state index in [4.69, 9.17) is 0 Å². The third kappa shape index (κ3) is 2.14. The molecule has 0 aromatic carbocycles. The van der Waals surface area contributed by atoms with Gasteiger partial charge in [0.2, 0.25) is 5.88 Å². The Balaban J connectivity index is 2.24. The van der Waals surface area contributed by atoms with Crippen LogP contribution in [0.3, 0.4) is 0 Å². The summed E-state index contributed by atoms with van der Waals surface area (Å²) in [6.07, 6.45) is -1.98. The van der Waals surface area contributed by atoms with E-state index in [0.717, 1.165) is 6.33 Å².